The molecule has 1 aromatic carbocycles. The van der Waals surface area contributed by atoms with Crippen LogP contribution in [-0.2, 0) is 0 Å². The molecule has 18 heavy (non-hydrogen) atoms. The van der Waals surface area contributed by atoms with Crippen LogP contribution in [0.15, 0.2) is 18.2 Å². The summed E-state index contributed by atoms with van der Waals surface area (Å²) in [4.78, 5) is 12.1. The Labute approximate surface area is 110 Å². The minimum atomic E-state index is -0.0455. The van der Waals surface area contributed by atoms with E-state index in [-0.39, 0.29) is 11.3 Å². The van der Waals surface area contributed by atoms with Crippen molar-refractivity contribution in [2.45, 2.75) is 34.6 Å². The lowest BCUT2D eigenvalue weighted by molar-refractivity contribution is 0.0936. The molecule has 3 nitrogen and oxygen atoms in total. The minimum Gasteiger partial charge on any atom is -0.399 e. The van der Waals surface area contributed by atoms with E-state index in [0.29, 0.717) is 23.7 Å². The van der Waals surface area contributed by atoms with E-state index in [1.54, 1.807) is 6.07 Å². The lowest BCUT2D eigenvalue weighted by Crippen LogP contribution is -2.34. The van der Waals surface area contributed by atoms with E-state index >= 15 is 0 Å². The van der Waals surface area contributed by atoms with Crippen molar-refractivity contribution in [1.82, 2.24) is 5.32 Å². The molecule has 0 fully saturated rings. The Morgan fingerprint density at radius 1 is 1.39 bits per heavy atom. The van der Waals surface area contributed by atoms with E-state index in [2.05, 4.69) is 33.0 Å². The van der Waals surface area contributed by atoms with E-state index in [0.717, 1.165) is 5.56 Å². The summed E-state index contributed by atoms with van der Waals surface area (Å²) in [6, 6.07) is 5.41. The highest BCUT2D eigenvalue weighted by Crippen LogP contribution is 2.24. The van der Waals surface area contributed by atoms with Crippen molar-refractivity contribution in [3.05, 3.63) is 29.3 Å². The number of hydrogen-bond donors (Lipinski definition) is 2. The summed E-state index contributed by atoms with van der Waals surface area (Å²) in [6.07, 6.45) is 0. The first-order chi connectivity index (χ1) is 8.21. The predicted octanol–water partition coefficient (Wildman–Crippen LogP) is 2.99. The summed E-state index contributed by atoms with van der Waals surface area (Å²) >= 11 is 0. The van der Waals surface area contributed by atoms with Crippen molar-refractivity contribution < 1.29 is 4.79 Å². The Bertz CT molecular complexity index is 433. The molecule has 0 saturated heterocycles. The maximum Gasteiger partial charge on any atom is 0.251 e. The fraction of sp³-hybridized carbons (Fsp3) is 0.533. The summed E-state index contributed by atoms with van der Waals surface area (Å²) in [7, 11) is 0. The summed E-state index contributed by atoms with van der Waals surface area (Å²) in [5.41, 5.74) is 8.14. The number of anilines is 1. The van der Waals surface area contributed by atoms with Gasteiger partial charge in [-0.1, -0.05) is 33.8 Å². The van der Waals surface area contributed by atoms with Gasteiger partial charge < -0.3 is 11.1 Å². The van der Waals surface area contributed by atoms with Crippen LogP contribution in [0.25, 0.3) is 0 Å². The molecule has 0 heterocycles. The maximum absolute atomic E-state index is 12.1. The van der Waals surface area contributed by atoms with E-state index in [4.69, 9.17) is 5.73 Å². The molecule has 0 spiro atoms. The quantitative estimate of drug-likeness (QED) is 0.808. The first-order valence-electron chi connectivity index (χ1n) is 6.36. The second-order valence-electron chi connectivity index (χ2n) is 6.05. The maximum atomic E-state index is 12.1. The summed E-state index contributed by atoms with van der Waals surface area (Å²) in [6.45, 7) is 11.3. The largest absolute Gasteiger partial charge is 0.399 e. The third-order valence-electron chi connectivity index (χ3n) is 3.55. The van der Waals surface area contributed by atoms with Crippen LogP contribution in [0.1, 0.15) is 43.6 Å². The van der Waals surface area contributed by atoms with Crippen molar-refractivity contribution in [1.29, 1.82) is 0 Å². The van der Waals surface area contributed by atoms with Crippen molar-refractivity contribution in [3.8, 4) is 0 Å². The number of aryl methyl sites for hydroxylation is 1. The highest BCUT2D eigenvalue weighted by atomic mass is 16.1. The lowest BCUT2D eigenvalue weighted by Gasteiger charge is -2.27. The minimum absolute atomic E-state index is 0.0455. The van der Waals surface area contributed by atoms with Crippen LogP contribution in [0.2, 0.25) is 0 Å². The number of amides is 1. The molecule has 1 amide bonds. The molecule has 1 atom stereocenters. The zero-order valence-corrected chi connectivity index (χ0v) is 12.0. The normalized spacial score (nSPS) is 13.2. The van der Waals surface area contributed by atoms with E-state index < -0.39 is 0 Å². The van der Waals surface area contributed by atoms with Gasteiger partial charge in [-0.15, -0.1) is 0 Å². The molecular weight excluding hydrogens is 224 g/mol. The lowest BCUT2D eigenvalue weighted by atomic mass is 9.82. The van der Waals surface area contributed by atoms with Gasteiger partial charge in [0, 0.05) is 17.8 Å². The number of benzene rings is 1. The standard InChI is InChI=1S/C15H24N2O/c1-10-6-7-12(16)8-13(10)14(18)17-9-11(2)15(3,4)5/h6-8,11H,9,16H2,1-5H3,(H,17,18). The molecule has 1 aromatic rings. The SMILES string of the molecule is Cc1ccc(N)cc1C(=O)NCC(C)C(C)(C)C. The third kappa shape index (κ3) is 3.76. The summed E-state index contributed by atoms with van der Waals surface area (Å²) < 4.78 is 0. The van der Waals surface area contributed by atoms with Crippen LogP contribution in [-0.4, -0.2) is 12.5 Å². The number of nitrogen functional groups attached to an aromatic ring is 1. The fourth-order valence-corrected chi connectivity index (χ4v) is 1.53. The Hall–Kier alpha value is -1.51. The van der Waals surface area contributed by atoms with Crippen LogP contribution in [0.4, 0.5) is 5.69 Å². The number of rotatable bonds is 3. The second-order valence-corrected chi connectivity index (χ2v) is 6.05. The van der Waals surface area contributed by atoms with E-state index in [1.807, 2.05) is 19.1 Å². The first kappa shape index (κ1) is 14.6. The van der Waals surface area contributed by atoms with Gasteiger partial charge in [-0.2, -0.15) is 0 Å². The topological polar surface area (TPSA) is 55.1 Å². The first-order valence-corrected chi connectivity index (χ1v) is 6.36. The number of nitrogens with two attached hydrogens (primary N) is 1. The summed E-state index contributed by atoms with van der Waals surface area (Å²) in [5.74, 6) is 0.374. The molecule has 0 aliphatic rings. The summed E-state index contributed by atoms with van der Waals surface area (Å²) in [5, 5.41) is 2.98. The van der Waals surface area contributed by atoms with Crippen LogP contribution < -0.4 is 11.1 Å². The Kier molecular flexibility index (Phi) is 4.38. The Morgan fingerprint density at radius 3 is 2.56 bits per heavy atom. The van der Waals surface area contributed by atoms with E-state index in [9.17, 15) is 4.79 Å². The average Bonchev–Trinajstić information content (AvgIpc) is 2.27. The second kappa shape index (κ2) is 5.42. The Morgan fingerprint density at radius 2 is 2.00 bits per heavy atom. The Balaban J connectivity index is 2.69. The van der Waals surface area contributed by atoms with Gasteiger partial charge in [-0.3, -0.25) is 4.79 Å². The van der Waals surface area contributed by atoms with Gasteiger partial charge in [-0.25, -0.2) is 0 Å². The van der Waals surface area contributed by atoms with Crippen molar-refractivity contribution in [3.63, 3.8) is 0 Å². The number of nitrogens with one attached hydrogen (secondary N) is 1. The van der Waals surface area contributed by atoms with Gasteiger partial charge in [0.15, 0.2) is 0 Å². The molecule has 0 radical (unpaired) electrons. The van der Waals surface area contributed by atoms with Gasteiger partial charge in [0.05, 0.1) is 0 Å². The van der Waals surface area contributed by atoms with Gasteiger partial charge >= 0.3 is 0 Å². The molecule has 0 aliphatic carbocycles. The highest BCUT2D eigenvalue weighted by Gasteiger charge is 2.20. The molecular formula is C15H24N2O. The van der Waals surface area contributed by atoms with E-state index in [1.165, 1.54) is 0 Å². The number of carbonyl (C=O) groups is 1. The average molecular weight is 248 g/mol. The highest BCUT2D eigenvalue weighted by molar-refractivity contribution is 5.96. The molecule has 0 aliphatic heterocycles. The molecule has 1 rings (SSSR count). The monoisotopic (exact) mass is 248 g/mol. The zero-order valence-electron chi connectivity index (χ0n) is 12.0. The molecule has 100 valence electrons. The van der Waals surface area contributed by atoms with Crippen molar-refractivity contribution >= 4 is 11.6 Å². The molecule has 3 N–H and O–H groups in total. The van der Waals surface area contributed by atoms with Gasteiger partial charge in [-0.05, 0) is 36.0 Å². The van der Waals surface area contributed by atoms with Crippen LogP contribution in [0, 0.1) is 18.3 Å². The molecule has 0 aromatic heterocycles. The van der Waals surface area contributed by atoms with Crippen molar-refractivity contribution in [2.75, 3.05) is 12.3 Å². The van der Waals surface area contributed by atoms with Crippen LogP contribution in [0.3, 0.4) is 0 Å². The zero-order chi connectivity index (χ0) is 13.9. The van der Waals surface area contributed by atoms with Crippen LogP contribution >= 0.6 is 0 Å². The number of carbonyl (C=O) groups excluding carboxylic acids is 1. The van der Waals surface area contributed by atoms with Crippen LogP contribution in [0.5, 0.6) is 0 Å². The molecule has 0 saturated carbocycles. The van der Waals surface area contributed by atoms with Crippen molar-refractivity contribution in [2.24, 2.45) is 11.3 Å². The predicted molar refractivity (Wildman–Crippen MR) is 76.5 cm³/mol. The molecule has 0 bridgehead atoms. The molecule has 1 unspecified atom stereocenters. The smallest absolute Gasteiger partial charge is 0.251 e. The van der Waals surface area contributed by atoms with Gasteiger partial charge in [0.2, 0.25) is 0 Å². The van der Waals surface area contributed by atoms with Gasteiger partial charge in [0.1, 0.15) is 0 Å². The fourth-order valence-electron chi connectivity index (χ4n) is 1.53. The number of hydrogen-bond acceptors (Lipinski definition) is 2. The third-order valence-corrected chi connectivity index (χ3v) is 3.55. The van der Waals surface area contributed by atoms with Gasteiger partial charge in [0.25, 0.3) is 5.91 Å². The molecule has 3 heteroatoms.